The Morgan fingerprint density at radius 1 is 1.38 bits per heavy atom. The molecule has 1 heterocycles. The first-order chi connectivity index (χ1) is 7.48. The third-order valence-corrected chi connectivity index (χ3v) is 3.51. The molecule has 2 rings (SSSR count). The molecule has 0 N–H and O–H groups in total. The van der Waals surface area contributed by atoms with Crippen molar-refractivity contribution in [3.63, 3.8) is 0 Å². The average Bonchev–Trinajstić information content (AvgIpc) is 2.69. The van der Waals surface area contributed by atoms with E-state index < -0.39 is 9.05 Å². The van der Waals surface area contributed by atoms with Crippen molar-refractivity contribution in [3.8, 4) is 5.69 Å². The monoisotopic (exact) mass is 258 g/mol. The summed E-state index contributed by atoms with van der Waals surface area (Å²) in [4.78, 5) is 0.0576. The van der Waals surface area contributed by atoms with Gasteiger partial charge in [-0.3, -0.25) is 0 Å². The van der Waals surface area contributed by atoms with E-state index in [2.05, 4.69) is 15.5 Å². The van der Waals surface area contributed by atoms with E-state index in [1.807, 2.05) is 0 Å². The number of rotatable bonds is 2. The van der Waals surface area contributed by atoms with Gasteiger partial charge in [0.05, 0.1) is 10.6 Å². The molecule has 0 bridgehead atoms. The molecule has 6 nitrogen and oxygen atoms in total. The van der Waals surface area contributed by atoms with E-state index in [4.69, 9.17) is 10.7 Å². The minimum atomic E-state index is -3.76. The SMILES string of the molecule is Cc1ccc(-n2cnnn2)cc1S(=O)(=O)Cl. The van der Waals surface area contributed by atoms with Crippen molar-refractivity contribution >= 4 is 19.7 Å². The van der Waals surface area contributed by atoms with E-state index >= 15 is 0 Å². The summed E-state index contributed by atoms with van der Waals surface area (Å²) >= 11 is 0. The smallest absolute Gasteiger partial charge is 0.207 e. The maximum Gasteiger partial charge on any atom is 0.261 e. The fourth-order valence-electron chi connectivity index (χ4n) is 1.27. The van der Waals surface area contributed by atoms with Gasteiger partial charge in [-0.25, -0.2) is 13.1 Å². The van der Waals surface area contributed by atoms with E-state index in [9.17, 15) is 8.42 Å². The number of tetrazole rings is 1. The molecule has 0 radical (unpaired) electrons. The van der Waals surface area contributed by atoms with Crippen LogP contribution in [0.1, 0.15) is 5.56 Å². The van der Waals surface area contributed by atoms with Crippen LogP contribution < -0.4 is 0 Å². The number of halogens is 1. The molecule has 2 aromatic rings. The highest BCUT2D eigenvalue weighted by Gasteiger charge is 2.14. The first-order valence-electron chi connectivity index (χ1n) is 4.27. The summed E-state index contributed by atoms with van der Waals surface area (Å²) < 4.78 is 23.9. The van der Waals surface area contributed by atoms with Gasteiger partial charge in [0.15, 0.2) is 0 Å². The van der Waals surface area contributed by atoms with Gasteiger partial charge in [-0.05, 0) is 35.0 Å². The molecule has 84 valence electrons. The lowest BCUT2D eigenvalue weighted by Gasteiger charge is -2.04. The Morgan fingerprint density at radius 3 is 2.69 bits per heavy atom. The van der Waals surface area contributed by atoms with Crippen LogP contribution in [-0.2, 0) is 9.05 Å². The number of aryl methyl sites for hydroxylation is 1. The fraction of sp³-hybridized carbons (Fsp3) is 0.125. The van der Waals surface area contributed by atoms with Crippen molar-refractivity contribution < 1.29 is 8.42 Å². The van der Waals surface area contributed by atoms with Gasteiger partial charge in [-0.1, -0.05) is 6.07 Å². The van der Waals surface area contributed by atoms with Gasteiger partial charge in [0.1, 0.15) is 6.33 Å². The molecule has 1 aromatic heterocycles. The van der Waals surface area contributed by atoms with Gasteiger partial charge >= 0.3 is 0 Å². The maximum atomic E-state index is 11.3. The van der Waals surface area contributed by atoms with Crippen LogP contribution in [0.4, 0.5) is 0 Å². The van der Waals surface area contributed by atoms with E-state index in [1.54, 1.807) is 19.1 Å². The number of hydrogen-bond acceptors (Lipinski definition) is 5. The van der Waals surface area contributed by atoms with Crippen molar-refractivity contribution in [3.05, 3.63) is 30.1 Å². The Hall–Kier alpha value is -1.47. The van der Waals surface area contributed by atoms with Crippen LogP contribution in [0.3, 0.4) is 0 Å². The van der Waals surface area contributed by atoms with Crippen LogP contribution in [0, 0.1) is 6.92 Å². The molecule has 0 saturated carbocycles. The summed E-state index contributed by atoms with van der Waals surface area (Å²) in [7, 11) is 1.55. The minimum absolute atomic E-state index is 0.0576. The van der Waals surface area contributed by atoms with Gasteiger partial charge in [0.25, 0.3) is 9.05 Å². The molecule has 8 heteroatoms. The first kappa shape index (κ1) is 11.0. The van der Waals surface area contributed by atoms with Crippen LogP contribution in [0.15, 0.2) is 29.4 Å². The Morgan fingerprint density at radius 2 is 2.12 bits per heavy atom. The summed E-state index contributed by atoms with van der Waals surface area (Å²) in [5.74, 6) is 0. The number of hydrogen-bond donors (Lipinski definition) is 0. The zero-order valence-corrected chi connectivity index (χ0v) is 9.77. The number of aromatic nitrogens is 4. The molecule has 0 aliphatic carbocycles. The molecule has 1 aromatic carbocycles. The normalized spacial score (nSPS) is 11.6. The molecule has 0 unspecified atom stereocenters. The molecule has 0 aliphatic rings. The molecular weight excluding hydrogens is 252 g/mol. The topological polar surface area (TPSA) is 77.7 Å². The second-order valence-corrected chi connectivity index (χ2v) is 5.68. The average molecular weight is 259 g/mol. The largest absolute Gasteiger partial charge is 0.261 e. The Labute approximate surface area is 96.3 Å². The van der Waals surface area contributed by atoms with Crippen molar-refractivity contribution in [2.45, 2.75) is 11.8 Å². The number of nitrogens with zero attached hydrogens (tertiary/aromatic N) is 4. The summed E-state index contributed by atoms with van der Waals surface area (Å²) in [5, 5.41) is 10.6. The fourth-order valence-corrected chi connectivity index (χ4v) is 2.49. The predicted octanol–water partition coefficient (Wildman–Crippen LogP) is 0.898. The van der Waals surface area contributed by atoms with Crippen molar-refractivity contribution in [2.75, 3.05) is 0 Å². The molecule has 0 amide bonds. The highest BCUT2D eigenvalue weighted by Crippen LogP contribution is 2.22. The minimum Gasteiger partial charge on any atom is -0.207 e. The van der Waals surface area contributed by atoms with Crippen LogP contribution >= 0.6 is 10.7 Å². The van der Waals surface area contributed by atoms with Gasteiger partial charge in [0, 0.05) is 10.7 Å². The highest BCUT2D eigenvalue weighted by atomic mass is 35.7. The molecule has 0 spiro atoms. The van der Waals surface area contributed by atoms with E-state index in [-0.39, 0.29) is 4.90 Å². The van der Waals surface area contributed by atoms with Crippen molar-refractivity contribution in [2.24, 2.45) is 0 Å². The number of benzene rings is 1. The quantitative estimate of drug-likeness (QED) is 0.748. The molecular formula is C8H7ClN4O2S. The lowest BCUT2D eigenvalue weighted by molar-refractivity contribution is 0.609. The molecule has 0 aliphatic heterocycles. The van der Waals surface area contributed by atoms with E-state index in [0.29, 0.717) is 11.3 Å². The van der Waals surface area contributed by atoms with Gasteiger partial charge in [-0.15, -0.1) is 5.10 Å². The standard InChI is InChI=1S/C8H7ClN4O2S/c1-6-2-3-7(13-5-10-11-12-13)4-8(6)16(9,14)15/h2-5H,1H3. The molecule has 16 heavy (non-hydrogen) atoms. The van der Waals surface area contributed by atoms with Crippen LogP contribution in [-0.4, -0.2) is 28.6 Å². The Balaban J connectivity index is 2.61. The third kappa shape index (κ3) is 2.05. The molecule has 0 saturated heterocycles. The summed E-state index contributed by atoms with van der Waals surface area (Å²) in [6.45, 7) is 1.67. The zero-order chi connectivity index (χ0) is 11.8. The molecule has 0 atom stereocenters. The summed E-state index contributed by atoms with van der Waals surface area (Å²) in [5.41, 5.74) is 1.11. The zero-order valence-electron chi connectivity index (χ0n) is 8.20. The van der Waals surface area contributed by atoms with Crippen LogP contribution in [0.25, 0.3) is 5.69 Å². The van der Waals surface area contributed by atoms with Crippen molar-refractivity contribution in [1.29, 1.82) is 0 Å². The van der Waals surface area contributed by atoms with Gasteiger partial charge < -0.3 is 0 Å². The first-order valence-corrected chi connectivity index (χ1v) is 6.58. The third-order valence-electron chi connectivity index (χ3n) is 2.05. The second kappa shape index (κ2) is 3.84. The lowest BCUT2D eigenvalue weighted by Crippen LogP contribution is -2.00. The van der Waals surface area contributed by atoms with E-state index in [1.165, 1.54) is 17.1 Å². The highest BCUT2D eigenvalue weighted by molar-refractivity contribution is 8.13. The van der Waals surface area contributed by atoms with Gasteiger partial charge in [-0.2, -0.15) is 0 Å². The summed E-state index contributed by atoms with van der Waals surface area (Å²) in [6.07, 6.45) is 1.37. The van der Waals surface area contributed by atoms with Crippen LogP contribution in [0.2, 0.25) is 0 Å². The summed E-state index contributed by atoms with van der Waals surface area (Å²) in [6, 6.07) is 4.78. The lowest BCUT2D eigenvalue weighted by atomic mass is 10.2. The second-order valence-electron chi connectivity index (χ2n) is 3.14. The predicted molar refractivity (Wildman–Crippen MR) is 56.9 cm³/mol. The van der Waals surface area contributed by atoms with E-state index in [0.717, 1.165) is 0 Å². The Bertz CT molecular complexity index is 609. The molecule has 0 fully saturated rings. The van der Waals surface area contributed by atoms with Crippen molar-refractivity contribution in [1.82, 2.24) is 20.2 Å². The maximum absolute atomic E-state index is 11.3. The Kier molecular flexibility index (Phi) is 2.64. The van der Waals surface area contributed by atoms with Crippen LogP contribution in [0.5, 0.6) is 0 Å². The van der Waals surface area contributed by atoms with Gasteiger partial charge in [0.2, 0.25) is 0 Å².